The van der Waals surface area contributed by atoms with Crippen molar-refractivity contribution in [3.8, 4) is 11.5 Å². The Balaban J connectivity index is 1.23. The molecule has 2 aliphatic heterocycles. The molecule has 0 saturated carbocycles. The summed E-state index contributed by atoms with van der Waals surface area (Å²) in [6.07, 6.45) is 7.59. The number of benzene rings is 1. The molecule has 0 atom stereocenters. The van der Waals surface area contributed by atoms with Crippen LogP contribution in [0.4, 0.5) is 0 Å². The molecule has 2 aromatic rings. The molecular weight excluding hydrogens is 380 g/mol. The van der Waals surface area contributed by atoms with Gasteiger partial charge < -0.3 is 24.7 Å². The Morgan fingerprint density at radius 2 is 2.03 bits per heavy atom. The first-order valence-corrected chi connectivity index (χ1v) is 11.1. The van der Waals surface area contributed by atoms with Gasteiger partial charge in [-0.05, 0) is 50.3 Å². The predicted molar refractivity (Wildman–Crippen MR) is 116 cm³/mol. The molecule has 0 spiro atoms. The molecule has 1 aromatic heterocycles. The van der Waals surface area contributed by atoms with Crippen molar-refractivity contribution in [1.29, 1.82) is 0 Å². The van der Waals surface area contributed by atoms with E-state index in [2.05, 4.69) is 44.5 Å². The van der Waals surface area contributed by atoms with Gasteiger partial charge in [0.15, 0.2) is 17.5 Å². The standard InChI is InChI=1S/C22H32N6O2/c1-2-23-22(25-13-11-17-9-10-18-19(15-17)30-16-29-18)24-12-6-8-21-27-26-20-7-4-3-5-14-28(20)21/h9-10,15H,2-8,11-14,16H2,1H3,(H2,23,24,25). The van der Waals surface area contributed by atoms with Crippen LogP contribution in [-0.4, -0.2) is 47.2 Å². The van der Waals surface area contributed by atoms with Gasteiger partial charge in [-0.1, -0.05) is 12.5 Å². The number of ether oxygens (including phenoxy) is 2. The average molecular weight is 413 g/mol. The van der Waals surface area contributed by atoms with Crippen molar-refractivity contribution in [2.45, 2.75) is 58.4 Å². The Morgan fingerprint density at radius 1 is 1.10 bits per heavy atom. The van der Waals surface area contributed by atoms with E-state index in [0.29, 0.717) is 6.79 Å². The van der Waals surface area contributed by atoms with Crippen molar-refractivity contribution in [1.82, 2.24) is 25.4 Å². The van der Waals surface area contributed by atoms with E-state index >= 15 is 0 Å². The minimum Gasteiger partial charge on any atom is -0.454 e. The molecule has 2 aliphatic rings. The van der Waals surface area contributed by atoms with Crippen molar-refractivity contribution in [2.75, 3.05) is 26.4 Å². The summed E-state index contributed by atoms with van der Waals surface area (Å²) in [7, 11) is 0. The maximum atomic E-state index is 5.45. The SMILES string of the molecule is CCNC(=NCCCc1nnc2n1CCCCC2)NCCc1ccc2c(c1)OCO2. The monoisotopic (exact) mass is 412 g/mol. The molecule has 8 heteroatoms. The van der Waals surface area contributed by atoms with Gasteiger partial charge in [-0.2, -0.15) is 0 Å². The number of nitrogens with zero attached hydrogens (tertiary/aromatic N) is 4. The van der Waals surface area contributed by atoms with Gasteiger partial charge in [-0.15, -0.1) is 10.2 Å². The Bertz CT molecular complexity index is 863. The highest BCUT2D eigenvalue weighted by atomic mass is 16.7. The van der Waals surface area contributed by atoms with Gasteiger partial charge in [-0.3, -0.25) is 4.99 Å². The molecule has 0 aliphatic carbocycles. The summed E-state index contributed by atoms with van der Waals surface area (Å²) in [5.41, 5.74) is 1.22. The van der Waals surface area contributed by atoms with Gasteiger partial charge in [0.05, 0.1) is 0 Å². The summed E-state index contributed by atoms with van der Waals surface area (Å²) in [4.78, 5) is 4.72. The lowest BCUT2D eigenvalue weighted by Crippen LogP contribution is -2.38. The first kappa shape index (κ1) is 20.5. The Morgan fingerprint density at radius 3 is 2.97 bits per heavy atom. The highest BCUT2D eigenvalue weighted by Gasteiger charge is 2.14. The van der Waals surface area contributed by atoms with Crippen LogP contribution in [0.5, 0.6) is 11.5 Å². The fourth-order valence-corrected chi connectivity index (χ4v) is 3.92. The summed E-state index contributed by atoms with van der Waals surface area (Å²) in [6, 6.07) is 6.11. The van der Waals surface area contributed by atoms with Crippen molar-refractivity contribution in [3.63, 3.8) is 0 Å². The Kier molecular flexibility index (Phi) is 7.05. The third-order valence-corrected chi connectivity index (χ3v) is 5.50. The number of fused-ring (bicyclic) bond motifs is 2. The van der Waals surface area contributed by atoms with Crippen LogP contribution < -0.4 is 20.1 Å². The second-order valence-corrected chi connectivity index (χ2v) is 7.72. The van der Waals surface area contributed by atoms with Crippen LogP contribution in [-0.2, 0) is 25.8 Å². The molecule has 2 N–H and O–H groups in total. The van der Waals surface area contributed by atoms with Gasteiger partial charge in [0.1, 0.15) is 11.6 Å². The largest absolute Gasteiger partial charge is 0.454 e. The zero-order chi connectivity index (χ0) is 20.6. The van der Waals surface area contributed by atoms with Gasteiger partial charge in [0, 0.05) is 39.0 Å². The third-order valence-electron chi connectivity index (χ3n) is 5.50. The quantitative estimate of drug-likeness (QED) is 0.394. The van der Waals surface area contributed by atoms with Gasteiger partial charge in [0.25, 0.3) is 0 Å². The van der Waals surface area contributed by atoms with E-state index in [1.807, 2.05) is 6.07 Å². The van der Waals surface area contributed by atoms with Gasteiger partial charge in [-0.25, -0.2) is 0 Å². The van der Waals surface area contributed by atoms with E-state index in [-0.39, 0.29) is 0 Å². The second kappa shape index (κ2) is 10.3. The fourth-order valence-electron chi connectivity index (χ4n) is 3.92. The van der Waals surface area contributed by atoms with E-state index in [1.54, 1.807) is 0 Å². The summed E-state index contributed by atoms with van der Waals surface area (Å²) in [5.74, 6) is 4.79. The molecular formula is C22H32N6O2. The maximum Gasteiger partial charge on any atom is 0.231 e. The fraction of sp³-hybridized carbons (Fsp3) is 0.591. The van der Waals surface area contributed by atoms with Crippen LogP contribution in [0.3, 0.4) is 0 Å². The number of nitrogens with one attached hydrogen (secondary N) is 2. The first-order chi connectivity index (χ1) is 14.8. The molecule has 30 heavy (non-hydrogen) atoms. The zero-order valence-corrected chi connectivity index (χ0v) is 17.8. The first-order valence-electron chi connectivity index (χ1n) is 11.1. The summed E-state index contributed by atoms with van der Waals surface area (Å²) in [5, 5.41) is 15.5. The van der Waals surface area contributed by atoms with Gasteiger partial charge in [0.2, 0.25) is 6.79 Å². The minimum atomic E-state index is 0.311. The van der Waals surface area contributed by atoms with Crippen LogP contribution >= 0.6 is 0 Å². The second-order valence-electron chi connectivity index (χ2n) is 7.72. The predicted octanol–water partition coefficient (Wildman–Crippen LogP) is 2.46. The molecule has 0 amide bonds. The van der Waals surface area contributed by atoms with Crippen LogP contribution in [0.25, 0.3) is 0 Å². The third kappa shape index (κ3) is 5.23. The number of aryl methyl sites for hydroxylation is 2. The highest BCUT2D eigenvalue weighted by molar-refractivity contribution is 5.79. The van der Waals surface area contributed by atoms with Crippen molar-refractivity contribution in [3.05, 3.63) is 35.4 Å². The van der Waals surface area contributed by atoms with Crippen LogP contribution in [0.1, 0.15) is 49.8 Å². The summed E-state index contributed by atoms with van der Waals surface area (Å²) in [6.45, 7) is 5.87. The Hall–Kier alpha value is -2.77. The number of hydrogen-bond donors (Lipinski definition) is 2. The maximum absolute atomic E-state index is 5.45. The summed E-state index contributed by atoms with van der Waals surface area (Å²) < 4.78 is 13.1. The number of guanidine groups is 1. The summed E-state index contributed by atoms with van der Waals surface area (Å²) >= 11 is 0. The molecule has 0 bridgehead atoms. The van der Waals surface area contributed by atoms with Crippen molar-refractivity contribution >= 4 is 5.96 Å². The van der Waals surface area contributed by atoms with Gasteiger partial charge >= 0.3 is 0 Å². The highest BCUT2D eigenvalue weighted by Crippen LogP contribution is 2.32. The van der Waals surface area contributed by atoms with E-state index in [9.17, 15) is 0 Å². The number of rotatable bonds is 8. The normalized spacial score (nSPS) is 15.6. The van der Waals surface area contributed by atoms with Crippen molar-refractivity contribution < 1.29 is 9.47 Å². The molecule has 0 radical (unpaired) electrons. The molecule has 162 valence electrons. The average Bonchev–Trinajstić information content (AvgIpc) is 3.31. The molecule has 0 unspecified atom stereocenters. The minimum absolute atomic E-state index is 0.311. The Labute approximate surface area is 178 Å². The van der Waals surface area contributed by atoms with Crippen molar-refractivity contribution in [2.24, 2.45) is 4.99 Å². The topological polar surface area (TPSA) is 85.6 Å². The lowest BCUT2D eigenvalue weighted by molar-refractivity contribution is 0.174. The van der Waals surface area contributed by atoms with Crippen LogP contribution in [0, 0.1) is 0 Å². The number of aromatic nitrogens is 3. The lowest BCUT2D eigenvalue weighted by Gasteiger charge is -2.11. The molecule has 0 fully saturated rings. The smallest absolute Gasteiger partial charge is 0.231 e. The lowest BCUT2D eigenvalue weighted by atomic mass is 10.1. The van der Waals surface area contributed by atoms with E-state index in [0.717, 1.165) is 81.0 Å². The molecule has 3 heterocycles. The van der Waals surface area contributed by atoms with E-state index in [1.165, 1.54) is 24.8 Å². The van der Waals surface area contributed by atoms with Crippen LogP contribution in [0.2, 0.25) is 0 Å². The number of aliphatic imine (C=N–C) groups is 1. The van der Waals surface area contributed by atoms with E-state index < -0.39 is 0 Å². The van der Waals surface area contributed by atoms with Crippen LogP contribution in [0.15, 0.2) is 23.2 Å². The molecule has 8 nitrogen and oxygen atoms in total. The molecule has 4 rings (SSSR count). The number of hydrogen-bond acceptors (Lipinski definition) is 5. The molecule has 0 saturated heterocycles. The molecule has 1 aromatic carbocycles. The van der Waals surface area contributed by atoms with E-state index in [4.69, 9.17) is 14.5 Å². The zero-order valence-electron chi connectivity index (χ0n) is 17.8.